The highest BCUT2D eigenvalue weighted by Gasteiger charge is 2.62. The van der Waals surface area contributed by atoms with Gasteiger partial charge in [-0.3, -0.25) is 0 Å². The summed E-state index contributed by atoms with van der Waals surface area (Å²) in [6.07, 6.45) is -0.296. The van der Waals surface area contributed by atoms with Gasteiger partial charge in [0.15, 0.2) is 0 Å². The number of aliphatic hydroxyl groups is 1. The second kappa shape index (κ2) is 4.36. The largest absolute Gasteiger partial charge is 0.413 e. The fraction of sp³-hybridized carbons (Fsp3) is 1.00. The van der Waals surface area contributed by atoms with Crippen molar-refractivity contribution in [1.82, 2.24) is 0 Å². The Labute approximate surface area is 108 Å². The van der Waals surface area contributed by atoms with E-state index in [0.29, 0.717) is 18.1 Å². The molecule has 1 aliphatic rings. The van der Waals surface area contributed by atoms with Crippen LogP contribution in [0.3, 0.4) is 0 Å². The molecule has 0 amide bonds. The average molecular weight is 258 g/mol. The normalized spacial score (nSPS) is 34.8. The summed E-state index contributed by atoms with van der Waals surface area (Å²) < 4.78 is 6.38. The fourth-order valence-corrected chi connectivity index (χ4v) is 11.6. The van der Waals surface area contributed by atoms with Crippen LogP contribution in [0.4, 0.5) is 0 Å². The molecule has 1 fully saturated rings. The van der Waals surface area contributed by atoms with Crippen LogP contribution in [0.15, 0.2) is 0 Å². The highest BCUT2D eigenvalue weighted by atomic mass is 28.4. The van der Waals surface area contributed by atoms with Crippen LogP contribution in [-0.2, 0) is 4.43 Å². The van der Waals surface area contributed by atoms with Gasteiger partial charge in [-0.05, 0) is 21.5 Å². The lowest BCUT2D eigenvalue weighted by atomic mass is 10.0. The van der Waals surface area contributed by atoms with Crippen LogP contribution in [-0.4, -0.2) is 26.1 Å². The van der Waals surface area contributed by atoms with Crippen molar-refractivity contribution in [3.8, 4) is 0 Å². The van der Waals surface area contributed by atoms with Gasteiger partial charge in [0, 0.05) is 0 Å². The molecule has 2 nitrogen and oxygen atoms in total. The SMILES string of the molecule is C[C@@H]1C(O)CO[Si](C(C)(C)C)(C(C)(C)C)[C@@H]1C. The predicted octanol–water partition coefficient (Wildman–Crippen LogP) is 3.95. The zero-order valence-electron chi connectivity index (χ0n) is 12.8. The van der Waals surface area contributed by atoms with E-state index in [2.05, 4.69) is 55.4 Å². The van der Waals surface area contributed by atoms with Crippen molar-refractivity contribution in [2.75, 3.05) is 6.61 Å². The quantitative estimate of drug-likeness (QED) is 0.667. The van der Waals surface area contributed by atoms with Gasteiger partial charge in [-0.1, -0.05) is 55.4 Å². The van der Waals surface area contributed by atoms with Crippen molar-refractivity contribution in [2.45, 2.75) is 77.1 Å². The minimum atomic E-state index is -1.95. The maximum absolute atomic E-state index is 10.0. The van der Waals surface area contributed by atoms with E-state index in [4.69, 9.17) is 4.43 Å². The Balaban J connectivity index is 3.26. The lowest BCUT2D eigenvalue weighted by Gasteiger charge is -2.58. The summed E-state index contributed by atoms with van der Waals surface area (Å²) in [4.78, 5) is 0. The first kappa shape index (κ1) is 15.2. The van der Waals surface area contributed by atoms with Gasteiger partial charge in [0.05, 0.1) is 12.7 Å². The molecule has 3 atom stereocenters. The molecule has 0 bridgehead atoms. The Hall–Kier alpha value is 0.137. The minimum absolute atomic E-state index is 0.194. The molecule has 1 aliphatic heterocycles. The third-order valence-corrected chi connectivity index (χ3v) is 11.6. The highest BCUT2D eigenvalue weighted by molar-refractivity contribution is 6.80. The number of rotatable bonds is 0. The summed E-state index contributed by atoms with van der Waals surface area (Å²) >= 11 is 0. The summed E-state index contributed by atoms with van der Waals surface area (Å²) in [6.45, 7) is 18.9. The number of aliphatic hydroxyl groups excluding tert-OH is 1. The Morgan fingerprint density at radius 2 is 1.41 bits per heavy atom. The molecular formula is C14H30O2Si. The Kier molecular flexibility index (Phi) is 3.89. The standard InChI is InChI=1S/C14H30O2Si/c1-10-11(2)17(13(3,4)5,14(6,7)8)16-9-12(10)15/h10-12,15H,9H2,1-8H3/t10-,11+,12?/m0/s1. The molecule has 0 radical (unpaired) electrons. The van der Waals surface area contributed by atoms with Gasteiger partial charge >= 0.3 is 0 Å². The van der Waals surface area contributed by atoms with Gasteiger partial charge in [-0.15, -0.1) is 0 Å². The molecule has 17 heavy (non-hydrogen) atoms. The molecule has 0 aromatic heterocycles. The third kappa shape index (κ3) is 2.22. The third-order valence-electron chi connectivity index (χ3n) is 4.75. The van der Waals surface area contributed by atoms with E-state index in [1.165, 1.54) is 0 Å². The van der Waals surface area contributed by atoms with E-state index in [-0.39, 0.29) is 16.2 Å². The van der Waals surface area contributed by atoms with E-state index < -0.39 is 8.32 Å². The van der Waals surface area contributed by atoms with Crippen molar-refractivity contribution >= 4 is 8.32 Å². The Bertz CT molecular complexity index is 261. The molecule has 0 spiro atoms. The molecule has 0 aromatic carbocycles. The maximum atomic E-state index is 10.0. The molecule has 1 saturated heterocycles. The zero-order chi connectivity index (χ0) is 13.6. The van der Waals surface area contributed by atoms with Gasteiger partial charge in [0.1, 0.15) is 0 Å². The number of hydrogen-bond acceptors (Lipinski definition) is 2. The monoisotopic (exact) mass is 258 g/mol. The second-order valence-corrected chi connectivity index (χ2v) is 13.4. The van der Waals surface area contributed by atoms with E-state index in [1.807, 2.05) is 0 Å². The topological polar surface area (TPSA) is 29.5 Å². The first-order valence-electron chi connectivity index (χ1n) is 6.77. The molecular weight excluding hydrogens is 228 g/mol. The number of hydrogen-bond donors (Lipinski definition) is 1. The first-order valence-corrected chi connectivity index (χ1v) is 8.75. The van der Waals surface area contributed by atoms with Crippen LogP contribution in [0.2, 0.25) is 15.6 Å². The maximum Gasteiger partial charge on any atom is 0.206 e. The van der Waals surface area contributed by atoms with Crippen molar-refractivity contribution in [1.29, 1.82) is 0 Å². The molecule has 0 aliphatic carbocycles. The summed E-state index contributed by atoms with van der Waals surface area (Å²) in [5.41, 5.74) is 0.478. The van der Waals surface area contributed by atoms with Crippen LogP contribution in [0.1, 0.15) is 55.4 Å². The van der Waals surface area contributed by atoms with Gasteiger partial charge in [-0.25, -0.2) is 0 Å². The van der Waals surface area contributed by atoms with Crippen molar-refractivity contribution in [2.24, 2.45) is 5.92 Å². The van der Waals surface area contributed by atoms with Crippen molar-refractivity contribution < 1.29 is 9.53 Å². The Morgan fingerprint density at radius 1 is 1.00 bits per heavy atom. The Morgan fingerprint density at radius 3 is 1.76 bits per heavy atom. The van der Waals surface area contributed by atoms with Gasteiger partial charge in [-0.2, -0.15) is 0 Å². The van der Waals surface area contributed by atoms with Gasteiger partial charge in [0.25, 0.3) is 0 Å². The summed E-state index contributed by atoms with van der Waals surface area (Å²) in [5.74, 6) is 0.342. The molecule has 0 saturated carbocycles. The zero-order valence-corrected chi connectivity index (χ0v) is 13.8. The van der Waals surface area contributed by atoms with Crippen molar-refractivity contribution in [3.63, 3.8) is 0 Å². The second-order valence-electron chi connectivity index (χ2n) is 7.76. The van der Waals surface area contributed by atoms with Gasteiger partial charge in [0.2, 0.25) is 8.32 Å². The van der Waals surface area contributed by atoms with E-state index >= 15 is 0 Å². The average Bonchev–Trinajstić information content (AvgIpc) is 2.10. The van der Waals surface area contributed by atoms with Crippen LogP contribution < -0.4 is 0 Å². The first-order chi connectivity index (χ1) is 7.45. The molecule has 1 N–H and O–H groups in total. The molecule has 1 unspecified atom stereocenters. The van der Waals surface area contributed by atoms with Crippen molar-refractivity contribution in [3.05, 3.63) is 0 Å². The van der Waals surface area contributed by atoms with Gasteiger partial charge < -0.3 is 9.53 Å². The lowest BCUT2D eigenvalue weighted by Crippen LogP contribution is -2.63. The van der Waals surface area contributed by atoms with E-state index in [1.54, 1.807) is 0 Å². The smallest absolute Gasteiger partial charge is 0.206 e. The molecule has 102 valence electrons. The lowest BCUT2D eigenvalue weighted by molar-refractivity contribution is 0.0210. The van der Waals surface area contributed by atoms with Crippen LogP contribution >= 0.6 is 0 Å². The van der Waals surface area contributed by atoms with E-state index in [9.17, 15) is 5.11 Å². The summed E-state index contributed by atoms with van der Waals surface area (Å²) in [6, 6.07) is 0. The molecule has 1 rings (SSSR count). The van der Waals surface area contributed by atoms with Crippen LogP contribution in [0.25, 0.3) is 0 Å². The highest BCUT2D eigenvalue weighted by Crippen LogP contribution is 2.60. The minimum Gasteiger partial charge on any atom is -0.413 e. The van der Waals surface area contributed by atoms with Crippen LogP contribution in [0.5, 0.6) is 0 Å². The fourth-order valence-electron chi connectivity index (χ4n) is 4.13. The predicted molar refractivity (Wildman–Crippen MR) is 75.7 cm³/mol. The van der Waals surface area contributed by atoms with Crippen LogP contribution in [0, 0.1) is 5.92 Å². The summed E-state index contributed by atoms with van der Waals surface area (Å²) in [7, 11) is -1.95. The molecule has 3 heteroatoms. The molecule has 1 heterocycles. The summed E-state index contributed by atoms with van der Waals surface area (Å²) in [5, 5.41) is 10.4. The van der Waals surface area contributed by atoms with E-state index in [0.717, 1.165) is 0 Å². The molecule has 0 aromatic rings.